The van der Waals surface area contributed by atoms with Crippen LogP contribution in [0.25, 0.3) is 22.0 Å². The van der Waals surface area contributed by atoms with Crippen LogP contribution in [0.1, 0.15) is 17.0 Å². The largest absolute Gasteiger partial charge is 0.416 e. The zero-order valence-electron chi connectivity index (χ0n) is 15.0. The average molecular weight is 400 g/mol. The first kappa shape index (κ1) is 18.4. The van der Waals surface area contributed by atoms with E-state index >= 15 is 0 Å². The van der Waals surface area contributed by atoms with E-state index in [2.05, 4.69) is 20.3 Å². The lowest BCUT2D eigenvalue weighted by molar-refractivity contribution is -0.137. The summed E-state index contributed by atoms with van der Waals surface area (Å²) in [5.74, 6) is 0.517. The Kier molecular flexibility index (Phi) is 4.50. The number of alkyl halides is 3. The molecule has 4 aromatic rings. The number of nitrogens with one attached hydrogen (secondary N) is 1. The molecule has 1 aromatic carbocycles. The van der Waals surface area contributed by atoms with Gasteiger partial charge in [-0.3, -0.25) is 0 Å². The van der Waals surface area contributed by atoms with E-state index in [1.165, 1.54) is 17.4 Å². The molecule has 0 radical (unpaired) electrons. The Bertz CT molecular complexity index is 1170. The third kappa shape index (κ3) is 3.55. The number of hydrogen-bond donors (Lipinski definition) is 1. The first-order chi connectivity index (χ1) is 13.3. The molecular weight excluding hydrogens is 385 g/mol. The van der Waals surface area contributed by atoms with E-state index in [-0.39, 0.29) is 0 Å². The van der Waals surface area contributed by atoms with Crippen molar-refractivity contribution in [3.63, 3.8) is 0 Å². The highest BCUT2D eigenvalue weighted by Crippen LogP contribution is 2.36. The lowest BCUT2D eigenvalue weighted by atomic mass is 10.0. The van der Waals surface area contributed by atoms with Gasteiger partial charge in [0.05, 0.1) is 11.3 Å². The fourth-order valence-electron chi connectivity index (χ4n) is 2.91. The average Bonchev–Trinajstić information content (AvgIpc) is 3.06. The molecule has 0 bridgehead atoms. The smallest absolute Gasteiger partial charge is 0.314 e. The van der Waals surface area contributed by atoms with Crippen LogP contribution in [0.4, 0.5) is 24.1 Å². The van der Waals surface area contributed by atoms with Gasteiger partial charge in [-0.1, -0.05) is 18.2 Å². The highest BCUT2D eigenvalue weighted by molar-refractivity contribution is 7.13. The van der Waals surface area contributed by atoms with Crippen LogP contribution in [-0.2, 0) is 6.18 Å². The van der Waals surface area contributed by atoms with E-state index in [9.17, 15) is 13.2 Å². The molecule has 142 valence electrons. The van der Waals surface area contributed by atoms with Crippen LogP contribution in [0, 0.1) is 13.8 Å². The number of fused-ring (bicyclic) bond motifs is 1. The Labute approximate surface area is 163 Å². The number of nitrogens with zero attached hydrogens (tertiary/aromatic N) is 3. The van der Waals surface area contributed by atoms with Gasteiger partial charge in [-0.2, -0.15) is 13.2 Å². The van der Waals surface area contributed by atoms with Crippen molar-refractivity contribution in [2.45, 2.75) is 20.0 Å². The van der Waals surface area contributed by atoms with E-state index in [1.54, 1.807) is 12.3 Å². The molecule has 3 aromatic heterocycles. The van der Waals surface area contributed by atoms with Crippen LogP contribution in [0.15, 0.2) is 48.0 Å². The number of halogens is 3. The highest BCUT2D eigenvalue weighted by Gasteiger charge is 2.30. The molecule has 4 nitrogen and oxygen atoms in total. The Hall–Kier alpha value is -3.00. The van der Waals surface area contributed by atoms with Gasteiger partial charge in [0, 0.05) is 28.2 Å². The third-order valence-electron chi connectivity index (χ3n) is 4.22. The summed E-state index contributed by atoms with van der Waals surface area (Å²) in [6.45, 7) is 3.75. The van der Waals surface area contributed by atoms with E-state index in [0.717, 1.165) is 28.9 Å². The van der Waals surface area contributed by atoms with E-state index in [0.29, 0.717) is 27.6 Å². The molecule has 4 rings (SSSR count). The van der Waals surface area contributed by atoms with Crippen molar-refractivity contribution in [1.29, 1.82) is 0 Å². The Morgan fingerprint density at radius 3 is 2.54 bits per heavy atom. The van der Waals surface area contributed by atoms with Gasteiger partial charge in [0.15, 0.2) is 10.9 Å². The van der Waals surface area contributed by atoms with Crippen molar-refractivity contribution < 1.29 is 13.2 Å². The maximum absolute atomic E-state index is 13.1. The molecule has 0 amide bonds. The summed E-state index contributed by atoms with van der Waals surface area (Å²) in [7, 11) is 0. The molecule has 3 heterocycles. The van der Waals surface area contributed by atoms with Crippen LogP contribution in [0.3, 0.4) is 0 Å². The lowest BCUT2D eigenvalue weighted by Gasteiger charge is -2.13. The first-order valence-corrected chi connectivity index (χ1v) is 9.32. The molecule has 0 fully saturated rings. The van der Waals surface area contributed by atoms with Crippen LogP contribution in [0.5, 0.6) is 0 Å². The Morgan fingerprint density at radius 2 is 1.82 bits per heavy atom. The molecule has 1 N–H and O–H groups in total. The van der Waals surface area contributed by atoms with Gasteiger partial charge in [0.1, 0.15) is 5.52 Å². The zero-order valence-corrected chi connectivity index (χ0v) is 15.8. The summed E-state index contributed by atoms with van der Waals surface area (Å²) in [6.07, 6.45) is -2.84. The maximum atomic E-state index is 13.1. The highest BCUT2D eigenvalue weighted by atomic mass is 32.1. The minimum absolute atomic E-state index is 0.439. The number of benzene rings is 1. The molecular formula is C20H15F3N4S. The molecule has 0 atom stereocenters. The van der Waals surface area contributed by atoms with E-state index in [4.69, 9.17) is 0 Å². The lowest BCUT2D eigenvalue weighted by Crippen LogP contribution is -2.04. The number of aryl methyl sites for hydroxylation is 2. The van der Waals surface area contributed by atoms with Crippen LogP contribution in [-0.4, -0.2) is 15.0 Å². The fraction of sp³-hybridized carbons (Fsp3) is 0.150. The van der Waals surface area contributed by atoms with E-state index < -0.39 is 11.7 Å². The van der Waals surface area contributed by atoms with Crippen molar-refractivity contribution in [1.82, 2.24) is 15.0 Å². The number of pyridine rings is 2. The molecule has 0 spiro atoms. The quantitative estimate of drug-likeness (QED) is 0.449. The Balaban J connectivity index is 1.86. The van der Waals surface area contributed by atoms with Gasteiger partial charge in [-0.05, 0) is 37.6 Å². The molecule has 0 saturated heterocycles. The van der Waals surface area contributed by atoms with Crippen LogP contribution >= 0.6 is 11.3 Å². The molecule has 0 aliphatic heterocycles. The number of anilines is 2. The zero-order chi connectivity index (χ0) is 19.9. The molecule has 8 heteroatoms. The predicted molar refractivity (Wildman–Crippen MR) is 105 cm³/mol. The van der Waals surface area contributed by atoms with Crippen molar-refractivity contribution in [3.8, 4) is 11.1 Å². The minimum Gasteiger partial charge on any atom is -0.314 e. The summed E-state index contributed by atoms with van der Waals surface area (Å²) >= 11 is 1.45. The summed E-state index contributed by atoms with van der Waals surface area (Å²) in [4.78, 5) is 13.4. The monoisotopic (exact) mass is 400 g/mol. The summed E-state index contributed by atoms with van der Waals surface area (Å²) in [6, 6.07) is 8.92. The van der Waals surface area contributed by atoms with Gasteiger partial charge in [0.2, 0.25) is 0 Å². The maximum Gasteiger partial charge on any atom is 0.416 e. The number of hydrogen-bond acceptors (Lipinski definition) is 5. The second-order valence-electron chi connectivity index (χ2n) is 6.37. The van der Waals surface area contributed by atoms with Crippen molar-refractivity contribution >= 4 is 33.2 Å². The van der Waals surface area contributed by atoms with Crippen LogP contribution < -0.4 is 5.32 Å². The van der Waals surface area contributed by atoms with Gasteiger partial charge >= 0.3 is 6.18 Å². The minimum atomic E-state index is -4.40. The molecule has 28 heavy (non-hydrogen) atoms. The molecule has 0 saturated carbocycles. The normalized spacial score (nSPS) is 11.8. The molecule has 0 aliphatic rings. The second kappa shape index (κ2) is 6.87. The fourth-order valence-corrected chi connectivity index (χ4v) is 3.60. The SMILES string of the molecule is Cc1csc(Nc2ncc(-c3cccc(C(F)(F)F)c3)c3ccc(C)nc23)n1. The first-order valence-electron chi connectivity index (χ1n) is 8.44. The van der Waals surface area contributed by atoms with Crippen molar-refractivity contribution in [2.24, 2.45) is 0 Å². The predicted octanol–water partition coefficient (Wildman–Crippen LogP) is 6.13. The Morgan fingerprint density at radius 1 is 1.00 bits per heavy atom. The number of rotatable bonds is 3. The summed E-state index contributed by atoms with van der Waals surface area (Å²) < 4.78 is 39.3. The second-order valence-corrected chi connectivity index (χ2v) is 7.22. The van der Waals surface area contributed by atoms with Gasteiger partial charge in [-0.15, -0.1) is 11.3 Å². The third-order valence-corrected chi connectivity index (χ3v) is 5.09. The molecule has 0 unspecified atom stereocenters. The van der Waals surface area contributed by atoms with Gasteiger partial charge in [-0.25, -0.2) is 15.0 Å². The molecule has 0 aliphatic carbocycles. The van der Waals surface area contributed by atoms with Gasteiger partial charge in [0.25, 0.3) is 0 Å². The topological polar surface area (TPSA) is 50.7 Å². The van der Waals surface area contributed by atoms with Crippen molar-refractivity contribution in [3.05, 3.63) is 64.9 Å². The number of thiazole rings is 1. The summed E-state index contributed by atoms with van der Waals surface area (Å²) in [5, 5.41) is 6.48. The standard InChI is InChI=1S/C20H15F3N4S/c1-11-6-7-15-16(13-4-3-5-14(8-13)20(21,22)23)9-24-18(17(15)25-11)27-19-26-12(2)10-28-19/h3-10H,1-2H3,(H,24,26,27). The number of aromatic nitrogens is 3. The van der Waals surface area contributed by atoms with Gasteiger partial charge < -0.3 is 5.32 Å². The summed E-state index contributed by atoms with van der Waals surface area (Å²) in [5.41, 5.74) is 2.60. The van der Waals surface area contributed by atoms with E-state index in [1.807, 2.05) is 31.4 Å². The van der Waals surface area contributed by atoms with Crippen LogP contribution in [0.2, 0.25) is 0 Å². The van der Waals surface area contributed by atoms with Crippen molar-refractivity contribution in [2.75, 3.05) is 5.32 Å².